The molecule has 1 unspecified atom stereocenters. The number of allylic oxidation sites excluding steroid dienone is 2. The van der Waals surface area contributed by atoms with E-state index in [0.717, 1.165) is 42.2 Å². The maximum absolute atomic E-state index is 15.6. The summed E-state index contributed by atoms with van der Waals surface area (Å²) in [5, 5.41) is 0. The molecule has 1 fully saturated rings. The Balaban J connectivity index is 1.95. The molecule has 0 amide bonds. The lowest BCUT2D eigenvalue weighted by molar-refractivity contribution is -0.0284. The molecule has 4 rings (SSSR count). The molecule has 3 nitrogen and oxygen atoms in total. The number of hydrogen-bond acceptors (Lipinski definition) is 3. The third kappa shape index (κ3) is 3.21. The molecule has 27 heavy (non-hydrogen) atoms. The van der Waals surface area contributed by atoms with Crippen LogP contribution in [0.3, 0.4) is 0 Å². The SMILES string of the molecule is CC1(F)OC(=C2CCC2)C(c2ccccc2)=C1c1ccc(S(C)(=O)=O)cc1. The number of ether oxygens (including phenoxy) is 1. The zero-order valence-corrected chi connectivity index (χ0v) is 16.1. The quantitative estimate of drug-likeness (QED) is 0.735. The van der Waals surface area contributed by atoms with Crippen LogP contribution in [0.4, 0.5) is 4.39 Å². The molecule has 1 atom stereocenters. The molecule has 2 aliphatic rings. The summed E-state index contributed by atoms with van der Waals surface area (Å²) in [4.78, 5) is 0.213. The molecule has 1 aliphatic heterocycles. The normalized spacial score (nSPS) is 22.6. The first-order valence-electron chi connectivity index (χ1n) is 8.98. The highest BCUT2D eigenvalue weighted by molar-refractivity contribution is 7.90. The molecular formula is C22H21FO3S. The van der Waals surface area contributed by atoms with Crippen LogP contribution in [-0.4, -0.2) is 20.5 Å². The largest absolute Gasteiger partial charge is 0.453 e. The highest BCUT2D eigenvalue weighted by Crippen LogP contribution is 2.52. The second kappa shape index (κ2) is 6.34. The van der Waals surface area contributed by atoms with Crippen LogP contribution in [0.2, 0.25) is 0 Å². The third-order valence-electron chi connectivity index (χ3n) is 5.13. The summed E-state index contributed by atoms with van der Waals surface area (Å²) in [6, 6.07) is 16.0. The van der Waals surface area contributed by atoms with Crippen molar-refractivity contribution in [2.45, 2.75) is 36.9 Å². The second-order valence-corrected chi connectivity index (χ2v) is 9.23. The van der Waals surface area contributed by atoms with Crippen molar-refractivity contribution in [2.24, 2.45) is 0 Å². The van der Waals surface area contributed by atoms with Crippen molar-refractivity contribution in [1.29, 1.82) is 0 Å². The van der Waals surface area contributed by atoms with Gasteiger partial charge in [0.2, 0.25) is 0 Å². The second-order valence-electron chi connectivity index (χ2n) is 7.22. The summed E-state index contributed by atoms with van der Waals surface area (Å²) in [5.41, 5.74) is 3.88. The number of alkyl halides is 1. The van der Waals surface area contributed by atoms with E-state index in [4.69, 9.17) is 4.74 Å². The highest BCUT2D eigenvalue weighted by Gasteiger charge is 2.44. The molecule has 2 aromatic rings. The van der Waals surface area contributed by atoms with Gasteiger partial charge in [0.1, 0.15) is 5.76 Å². The summed E-state index contributed by atoms with van der Waals surface area (Å²) in [5.74, 6) is -1.34. The van der Waals surface area contributed by atoms with Crippen molar-refractivity contribution < 1.29 is 17.5 Å². The Kier molecular flexibility index (Phi) is 4.22. The van der Waals surface area contributed by atoms with E-state index in [-0.39, 0.29) is 4.90 Å². The van der Waals surface area contributed by atoms with Gasteiger partial charge in [-0.05, 0) is 48.1 Å². The Bertz CT molecular complexity index is 1040. The van der Waals surface area contributed by atoms with E-state index >= 15 is 4.39 Å². The van der Waals surface area contributed by atoms with E-state index in [2.05, 4.69) is 0 Å². The minimum Gasteiger partial charge on any atom is -0.453 e. The van der Waals surface area contributed by atoms with Crippen LogP contribution < -0.4 is 0 Å². The molecule has 0 aromatic heterocycles. The zero-order valence-electron chi connectivity index (χ0n) is 15.3. The van der Waals surface area contributed by atoms with Crippen LogP contribution in [0.1, 0.15) is 37.3 Å². The van der Waals surface area contributed by atoms with Crippen molar-refractivity contribution in [2.75, 3.05) is 6.26 Å². The molecule has 0 radical (unpaired) electrons. The van der Waals surface area contributed by atoms with Gasteiger partial charge in [-0.2, -0.15) is 4.39 Å². The molecule has 140 valence electrons. The van der Waals surface area contributed by atoms with Crippen LogP contribution in [0.5, 0.6) is 0 Å². The Hall–Kier alpha value is -2.40. The first kappa shape index (κ1) is 18.0. The average molecular weight is 384 g/mol. The highest BCUT2D eigenvalue weighted by atomic mass is 32.2. The standard InChI is InChI=1S/C22H21FO3S/c1-22(23)20(16-11-13-18(14-12-16)27(2,24)25)19(15-7-4-3-5-8-15)21(26-22)17-9-6-10-17/h3-5,7-8,11-14H,6,9-10H2,1-2H3. The monoisotopic (exact) mass is 384 g/mol. The maximum atomic E-state index is 15.6. The molecule has 0 N–H and O–H groups in total. The summed E-state index contributed by atoms with van der Waals surface area (Å²) < 4.78 is 44.9. The summed E-state index contributed by atoms with van der Waals surface area (Å²) in [6.45, 7) is 1.42. The van der Waals surface area contributed by atoms with Crippen LogP contribution >= 0.6 is 0 Å². The van der Waals surface area contributed by atoms with E-state index in [1.54, 1.807) is 12.1 Å². The van der Waals surface area contributed by atoms with Crippen LogP contribution in [0.25, 0.3) is 11.1 Å². The third-order valence-corrected chi connectivity index (χ3v) is 6.26. The van der Waals surface area contributed by atoms with Crippen LogP contribution in [-0.2, 0) is 14.6 Å². The van der Waals surface area contributed by atoms with Crippen molar-refractivity contribution in [1.82, 2.24) is 0 Å². The van der Waals surface area contributed by atoms with Crippen LogP contribution in [0, 0.1) is 0 Å². The molecule has 0 spiro atoms. The minimum atomic E-state index is -3.31. The number of sulfone groups is 1. The Labute approximate surface area is 159 Å². The summed E-state index contributed by atoms with van der Waals surface area (Å²) >= 11 is 0. The predicted molar refractivity (Wildman–Crippen MR) is 104 cm³/mol. The number of rotatable bonds is 3. The van der Waals surface area contributed by atoms with Gasteiger partial charge in [0.15, 0.2) is 9.84 Å². The lowest BCUT2D eigenvalue weighted by Crippen LogP contribution is -2.19. The smallest absolute Gasteiger partial charge is 0.272 e. The maximum Gasteiger partial charge on any atom is 0.272 e. The molecule has 1 saturated carbocycles. The Morgan fingerprint density at radius 1 is 0.963 bits per heavy atom. The lowest BCUT2D eigenvalue weighted by Gasteiger charge is -2.23. The van der Waals surface area contributed by atoms with Gasteiger partial charge in [-0.3, -0.25) is 0 Å². The fourth-order valence-electron chi connectivity index (χ4n) is 3.61. The van der Waals surface area contributed by atoms with Gasteiger partial charge in [0, 0.05) is 24.3 Å². The summed E-state index contributed by atoms with van der Waals surface area (Å²) in [6.07, 6.45) is 4.09. The van der Waals surface area contributed by atoms with E-state index in [1.807, 2.05) is 30.3 Å². The Morgan fingerprint density at radius 3 is 2.11 bits per heavy atom. The van der Waals surface area contributed by atoms with Gasteiger partial charge in [0.05, 0.1) is 4.90 Å². The van der Waals surface area contributed by atoms with E-state index < -0.39 is 15.7 Å². The number of halogens is 1. The van der Waals surface area contributed by atoms with E-state index in [1.165, 1.54) is 19.1 Å². The van der Waals surface area contributed by atoms with Crippen molar-refractivity contribution in [3.63, 3.8) is 0 Å². The molecule has 1 aliphatic carbocycles. The van der Waals surface area contributed by atoms with Gasteiger partial charge < -0.3 is 4.74 Å². The fourth-order valence-corrected chi connectivity index (χ4v) is 4.24. The first-order valence-corrected chi connectivity index (χ1v) is 10.9. The van der Waals surface area contributed by atoms with Gasteiger partial charge >= 0.3 is 0 Å². The minimum absolute atomic E-state index is 0.213. The topological polar surface area (TPSA) is 43.4 Å². The molecule has 5 heteroatoms. The van der Waals surface area contributed by atoms with E-state index in [0.29, 0.717) is 16.9 Å². The van der Waals surface area contributed by atoms with Gasteiger partial charge in [0.25, 0.3) is 5.85 Å². The molecule has 0 saturated heterocycles. The van der Waals surface area contributed by atoms with Crippen molar-refractivity contribution >= 4 is 21.0 Å². The molecular weight excluding hydrogens is 363 g/mol. The molecule has 1 heterocycles. The van der Waals surface area contributed by atoms with Crippen molar-refractivity contribution in [3.8, 4) is 0 Å². The predicted octanol–water partition coefficient (Wildman–Crippen LogP) is 5.15. The van der Waals surface area contributed by atoms with Crippen molar-refractivity contribution in [3.05, 3.63) is 77.1 Å². The van der Waals surface area contributed by atoms with Gasteiger partial charge in [-0.25, -0.2) is 8.42 Å². The Morgan fingerprint density at radius 2 is 1.59 bits per heavy atom. The van der Waals surface area contributed by atoms with E-state index in [9.17, 15) is 8.42 Å². The van der Waals surface area contributed by atoms with Gasteiger partial charge in [-0.1, -0.05) is 42.5 Å². The molecule has 0 bridgehead atoms. The first-order chi connectivity index (χ1) is 12.8. The van der Waals surface area contributed by atoms with Gasteiger partial charge in [-0.15, -0.1) is 0 Å². The summed E-state index contributed by atoms with van der Waals surface area (Å²) in [7, 11) is -3.31. The number of hydrogen-bond donors (Lipinski definition) is 0. The number of benzene rings is 2. The fraction of sp³-hybridized carbons (Fsp3) is 0.273. The lowest BCUT2D eigenvalue weighted by atomic mass is 9.85. The zero-order chi connectivity index (χ0) is 19.2. The molecule has 2 aromatic carbocycles. The average Bonchev–Trinajstić information content (AvgIpc) is 2.84. The van der Waals surface area contributed by atoms with Crippen LogP contribution in [0.15, 0.2) is 70.8 Å².